The zero-order valence-electron chi connectivity index (χ0n) is 35.0. The van der Waals surface area contributed by atoms with Crippen molar-refractivity contribution in [3.8, 4) is 44.5 Å². The van der Waals surface area contributed by atoms with Gasteiger partial charge in [0.05, 0.1) is 5.69 Å². The number of thiophene rings is 1. The number of rotatable bonds is 5. The molecular weight excluding hydrogens is 826 g/mol. The van der Waals surface area contributed by atoms with E-state index in [0.29, 0.717) is 0 Å². The minimum absolute atomic E-state index is 0.0239. The van der Waals surface area contributed by atoms with Crippen molar-refractivity contribution in [2.24, 2.45) is 0 Å². The minimum atomic E-state index is -0.0239. The van der Waals surface area contributed by atoms with Crippen LogP contribution in [0.25, 0.3) is 86.6 Å². The summed E-state index contributed by atoms with van der Waals surface area (Å²) in [6, 6.07) is 80.5. The molecule has 5 heteroatoms. The number of furan rings is 1. The number of hydrogen-bond donors (Lipinski definition) is 0. The van der Waals surface area contributed by atoms with Crippen LogP contribution in [-0.2, 0) is 0 Å². The molecule has 0 radical (unpaired) electrons. The molecule has 10 aromatic carbocycles. The molecule has 0 bridgehead atoms. The fourth-order valence-corrected chi connectivity index (χ4v) is 13.1. The zero-order valence-corrected chi connectivity index (χ0v) is 36.7. The zero-order chi connectivity index (χ0) is 42.6. The Bertz CT molecular complexity index is 3830. The molecule has 12 aromatic rings. The molecule has 0 saturated heterocycles. The highest BCUT2D eigenvalue weighted by Crippen LogP contribution is 2.50. The Balaban J connectivity index is 1.05. The van der Waals surface area contributed by atoms with Crippen molar-refractivity contribution in [2.45, 2.75) is 9.79 Å². The van der Waals surface area contributed by atoms with Crippen LogP contribution in [0.1, 0.15) is 0 Å². The molecule has 0 unspecified atom stereocenters. The smallest absolute Gasteiger partial charge is 0.249 e. The topological polar surface area (TPSA) is 16.4 Å². The van der Waals surface area contributed by atoms with Gasteiger partial charge in [0.1, 0.15) is 11.2 Å². The maximum atomic E-state index is 6.65. The molecule has 14 rings (SSSR count). The lowest BCUT2D eigenvalue weighted by molar-refractivity contribution is 0.670. The molecule has 0 spiro atoms. The summed E-state index contributed by atoms with van der Waals surface area (Å²) in [5, 5.41) is 4.91. The van der Waals surface area contributed by atoms with Gasteiger partial charge in [0, 0.05) is 68.8 Å². The van der Waals surface area contributed by atoms with Gasteiger partial charge in [-0.3, -0.25) is 0 Å². The standard InChI is InChI=1S/C60H36BNOS2/c1-3-15-37(16-4-1)41-21-11-22-42(38-17-5-2-6-18-38)58(41)62-51-33-31-40(44-24-13-26-48-46-20-8-10-29-54(46)65-60(44)48)35-49(51)61-50-36-39(32-34-55(50)64-56-30-14-27-52(62)57(56)61)43-23-12-25-47-45-19-7-9-28-53(45)63-59(43)47/h1-36H. The third-order valence-electron chi connectivity index (χ3n) is 13.6. The summed E-state index contributed by atoms with van der Waals surface area (Å²) >= 11 is 3.78. The summed E-state index contributed by atoms with van der Waals surface area (Å²) in [5.41, 5.74) is 18.9. The third kappa shape index (κ3) is 5.62. The van der Waals surface area contributed by atoms with Gasteiger partial charge in [0.25, 0.3) is 0 Å². The third-order valence-corrected chi connectivity index (χ3v) is 15.9. The lowest BCUT2D eigenvalue weighted by Gasteiger charge is -2.41. The number of fused-ring (bicyclic) bond motifs is 10. The summed E-state index contributed by atoms with van der Waals surface area (Å²) in [4.78, 5) is 5.16. The Hall–Kier alpha value is -7.57. The van der Waals surface area contributed by atoms with Gasteiger partial charge in [0.15, 0.2) is 0 Å². The second kappa shape index (κ2) is 14.5. The molecule has 0 saturated carbocycles. The number of para-hydroxylation sites is 3. The average molecular weight is 862 g/mol. The first-order valence-electron chi connectivity index (χ1n) is 22.2. The van der Waals surface area contributed by atoms with E-state index in [-0.39, 0.29) is 6.71 Å². The summed E-state index contributed by atoms with van der Waals surface area (Å²) in [6.45, 7) is -0.0239. The van der Waals surface area contributed by atoms with Crippen molar-refractivity contribution < 1.29 is 4.42 Å². The second-order valence-corrected chi connectivity index (χ2v) is 19.2. The average Bonchev–Trinajstić information content (AvgIpc) is 3.95. The highest BCUT2D eigenvalue weighted by molar-refractivity contribution is 8.00. The van der Waals surface area contributed by atoms with Crippen LogP contribution in [0.15, 0.2) is 233 Å². The molecule has 2 aliphatic rings. The van der Waals surface area contributed by atoms with Crippen LogP contribution in [0.4, 0.5) is 17.1 Å². The van der Waals surface area contributed by atoms with Crippen LogP contribution < -0.4 is 21.3 Å². The van der Waals surface area contributed by atoms with E-state index in [1.807, 2.05) is 23.1 Å². The summed E-state index contributed by atoms with van der Waals surface area (Å²) in [5.74, 6) is 0. The van der Waals surface area contributed by atoms with E-state index in [1.165, 1.54) is 96.8 Å². The van der Waals surface area contributed by atoms with Crippen LogP contribution >= 0.6 is 23.1 Å². The number of benzene rings is 10. The normalized spacial score (nSPS) is 12.8. The fraction of sp³-hybridized carbons (Fsp3) is 0. The van der Waals surface area contributed by atoms with Crippen molar-refractivity contribution in [1.29, 1.82) is 0 Å². The number of hydrogen-bond acceptors (Lipinski definition) is 4. The first-order chi connectivity index (χ1) is 32.2. The van der Waals surface area contributed by atoms with Gasteiger partial charge in [0.2, 0.25) is 6.71 Å². The minimum Gasteiger partial charge on any atom is -0.455 e. The van der Waals surface area contributed by atoms with Gasteiger partial charge in [-0.05, 0) is 75.1 Å². The molecule has 0 fully saturated rings. The van der Waals surface area contributed by atoms with Crippen molar-refractivity contribution in [3.63, 3.8) is 0 Å². The SMILES string of the molecule is c1ccc(-c2cccc(-c3ccccc3)c2N2c3ccc(-c4cccc5c4sc4ccccc45)cc3B3c4cc(-c5cccc6c5oc5ccccc56)ccc4Sc4cccc2c43)cc1. The van der Waals surface area contributed by atoms with Crippen molar-refractivity contribution in [1.82, 2.24) is 0 Å². The predicted octanol–water partition coefficient (Wildman–Crippen LogP) is 15.4. The number of anilines is 3. The Labute approximate surface area is 385 Å². The molecular formula is C60H36BNOS2. The first kappa shape index (κ1) is 36.9. The van der Waals surface area contributed by atoms with E-state index in [4.69, 9.17) is 4.42 Å². The van der Waals surface area contributed by atoms with Gasteiger partial charge >= 0.3 is 0 Å². The first-order valence-corrected chi connectivity index (χ1v) is 23.8. The van der Waals surface area contributed by atoms with Gasteiger partial charge in [-0.25, -0.2) is 0 Å². The molecule has 0 aliphatic carbocycles. The summed E-state index contributed by atoms with van der Waals surface area (Å²) in [6.07, 6.45) is 0. The molecule has 0 amide bonds. The Morgan fingerprint density at radius 3 is 1.83 bits per heavy atom. The van der Waals surface area contributed by atoms with Gasteiger partial charge in [-0.1, -0.05) is 199 Å². The highest BCUT2D eigenvalue weighted by Gasteiger charge is 2.42. The Morgan fingerprint density at radius 1 is 0.400 bits per heavy atom. The van der Waals surface area contributed by atoms with Crippen molar-refractivity contribution in [3.05, 3.63) is 218 Å². The second-order valence-electron chi connectivity index (χ2n) is 17.1. The molecule has 302 valence electrons. The lowest BCUT2D eigenvalue weighted by atomic mass is 9.34. The molecule has 2 nitrogen and oxygen atoms in total. The predicted molar refractivity (Wildman–Crippen MR) is 278 cm³/mol. The van der Waals surface area contributed by atoms with Crippen LogP contribution in [0.5, 0.6) is 0 Å². The van der Waals surface area contributed by atoms with Crippen LogP contribution in [-0.4, -0.2) is 6.71 Å². The Morgan fingerprint density at radius 2 is 1.02 bits per heavy atom. The van der Waals surface area contributed by atoms with Gasteiger partial charge in [-0.15, -0.1) is 11.3 Å². The van der Waals surface area contributed by atoms with Gasteiger partial charge in [-0.2, -0.15) is 0 Å². The van der Waals surface area contributed by atoms with Crippen LogP contribution in [0, 0.1) is 0 Å². The van der Waals surface area contributed by atoms with Gasteiger partial charge < -0.3 is 9.32 Å². The lowest BCUT2D eigenvalue weighted by Crippen LogP contribution is -2.59. The molecule has 2 aromatic heterocycles. The molecule has 2 aliphatic heterocycles. The van der Waals surface area contributed by atoms with Crippen LogP contribution in [0.3, 0.4) is 0 Å². The highest BCUT2D eigenvalue weighted by atomic mass is 32.2. The fourth-order valence-electron chi connectivity index (χ4n) is 10.7. The van der Waals surface area contributed by atoms with Crippen molar-refractivity contribution in [2.75, 3.05) is 4.90 Å². The maximum Gasteiger partial charge on any atom is 0.249 e. The molecule has 65 heavy (non-hydrogen) atoms. The largest absolute Gasteiger partial charge is 0.455 e. The van der Waals surface area contributed by atoms with E-state index in [0.717, 1.165) is 33.1 Å². The summed E-state index contributed by atoms with van der Waals surface area (Å²) in [7, 11) is 0. The van der Waals surface area contributed by atoms with E-state index in [1.54, 1.807) is 0 Å². The van der Waals surface area contributed by atoms with E-state index < -0.39 is 0 Å². The monoisotopic (exact) mass is 861 g/mol. The van der Waals surface area contributed by atoms with E-state index in [9.17, 15) is 0 Å². The molecule has 0 N–H and O–H groups in total. The maximum absolute atomic E-state index is 6.65. The van der Waals surface area contributed by atoms with E-state index in [2.05, 4.69) is 223 Å². The van der Waals surface area contributed by atoms with Crippen LogP contribution in [0.2, 0.25) is 0 Å². The number of nitrogens with zero attached hydrogens (tertiary/aromatic N) is 1. The quantitative estimate of drug-likeness (QED) is 0.160. The Kier molecular flexibility index (Phi) is 8.21. The van der Waals surface area contributed by atoms with E-state index >= 15 is 0 Å². The molecule has 0 atom stereocenters. The molecule has 4 heterocycles. The van der Waals surface area contributed by atoms with Crippen molar-refractivity contribution >= 4 is 105 Å². The summed E-state index contributed by atoms with van der Waals surface area (Å²) < 4.78 is 9.28.